The second kappa shape index (κ2) is 4.75. The van der Waals surface area contributed by atoms with E-state index < -0.39 is 0 Å². The first-order chi connectivity index (χ1) is 7.15. The molecule has 0 radical (unpaired) electrons. The van der Waals surface area contributed by atoms with Gasteiger partial charge in [0.15, 0.2) is 11.5 Å². The maximum Gasteiger partial charge on any atom is 0.176 e. The molecule has 80 valence electrons. The van der Waals surface area contributed by atoms with E-state index in [0.717, 1.165) is 16.9 Å². The van der Waals surface area contributed by atoms with Crippen LogP contribution in [-0.2, 0) is 0 Å². The Kier molecular flexibility index (Phi) is 3.62. The molecule has 1 aromatic carbocycles. The standard InChI is InChI=1S/C13H16O2/c1-6-10-7-8-11(9(2)3)13(15-5)12(10)14-4/h1,7-9H,2-5H3. The van der Waals surface area contributed by atoms with Gasteiger partial charge in [0, 0.05) is 5.56 Å². The summed E-state index contributed by atoms with van der Waals surface area (Å²) in [6.45, 7) is 4.21. The van der Waals surface area contributed by atoms with Crippen molar-refractivity contribution in [1.82, 2.24) is 0 Å². The molecule has 0 spiro atoms. The van der Waals surface area contributed by atoms with Crippen molar-refractivity contribution in [3.05, 3.63) is 23.3 Å². The molecule has 0 aliphatic carbocycles. The molecule has 0 fully saturated rings. The van der Waals surface area contributed by atoms with Gasteiger partial charge in [-0.15, -0.1) is 6.42 Å². The zero-order valence-electron chi connectivity index (χ0n) is 9.63. The number of hydrogen-bond acceptors (Lipinski definition) is 2. The van der Waals surface area contributed by atoms with E-state index in [0.29, 0.717) is 11.7 Å². The minimum absolute atomic E-state index is 0.376. The number of methoxy groups -OCH3 is 2. The lowest BCUT2D eigenvalue weighted by atomic mass is 9.99. The van der Waals surface area contributed by atoms with Crippen LogP contribution >= 0.6 is 0 Å². The molecule has 0 aromatic heterocycles. The van der Waals surface area contributed by atoms with E-state index in [-0.39, 0.29) is 0 Å². The second-order valence-corrected chi connectivity index (χ2v) is 3.57. The van der Waals surface area contributed by atoms with Crippen LogP contribution in [0.4, 0.5) is 0 Å². The molecule has 0 heterocycles. The number of terminal acetylenes is 1. The van der Waals surface area contributed by atoms with Gasteiger partial charge in [0.2, 0.25) is 0 Å². The van der Waals surface area contributed by atoms with Crippen molar-refractivity contribution in [2.24, 2.45) is 0 Å². The lowest BCUT2D eigenvalue weighted by Crippen LogP contribution is -1.99. The van der Waals surface area contributed by atoms with Gasteiger partial charge < -0.3 is 9.47 Å². The molecule has 0 aliphatic heterocycles. The Hall–Kier alpha value is -1.62. The van der Waals surface area contributed by atoms with Crippen LogP contribution in [0.2, 0.25) is 0 Å². The highest BCUT2D eigenvalue weighted by Crippen LogP contribution is 2.37. The Labute approximate surface area is 91.2 Å². The van der Waals surface area contributed by atoms with Gasteiger partial charge in [0.1, 0.15) is 0 Å². The molecule has 0 aliphatic rings. The third kappa shape index (κ3) is 2.07. The summed E-state index contributed by atoms with van der Waals surface area (Å²) in [4.78, 5) is 0. The van der Waals surface area contributed by atoms with E-state index in [2.05, 4.69) is 19.8 Å². The summed E-state index contributed by atoms with van der Waals surface area (Å²) < 4.78 is 10.6. The maximum atomic E-state index is 5.39. The van der Waals surface area contributed by atoms with Crippen molar-refractivity contribution < 1.29 is 9.47 Å². The van der Waals surface area contributed by atoms with Crippen LogP contribution in [0.25, 0.3) is 0 Å². The normalized spacial score (nSPS) is 9.87. The van der Waals surface area contributed by atoms with Crippen molar-refractivity contribution in [2.75, 3.05) is 14.2 Å². The Morgan fingerprint density at radius 2 is 1.73 bits per heavy atom. The molecule has 1 aromatic rings. The first-order valence-corrected chi connectivity index (χ1v) is 4.87. The summed E-state index contributed by atoms with van der Waals surface area (Å²) >= 11 is 0. The predicted octanol–water partition coefficient (Wildman–Crippen LogP) is 2.81. The van der Waals surface area contributed by atoms with Crippen molar-refractivity contribution in [2.45, 2.75) is 19.8 Å². The van der Waals surface area contributed by atoms with E-state index >= 15 is 0 Å². The monoisotopic (exact) mass is 204 g/mol. The van der Waals surface area contributed by atoms with Crippen molar-refractivity contribution in [3.8, 4) is 23.8 Å². The summed E-state index contributed by atoms with van der Waals surface area (Å²) in [7, 11) is 3.23. The van der Waals surface area contributed by atoms with Gasteiger partial charge in [-0.3, -0.25) is 0 Å². The summed E-state index contributed by atoms with van der Waals surface area (Å²) in [5.41, 5.74) is 1.83. The lowest BCUT2D eigenvalue weighted by molar-refractivity contribution is 0.349. The summed E-state index contributed by atoms with van der Waals surface area (Å²) in [5, 5.41) is 0. The van der Waals surface area contributed by atoms with Gasteiger partial charge in [0.25, 0.3) is 0 Å². The molecule has 0 N–H and O–H groups in total. The molecular formula is C13H16O2. The van der Waals surface area contributed by atoms with Crippen LogP contribution in [0.1, 0.15) is 30.9 Å². The SMILES string of the molecule is C#Cc1ccc(C(C)C)c(OC)c1OC. The largest absolute Gasteiger partial charge is 0.493 e. The molecule has 2 heteroatoms. The van der Waals surface area contributed by atoms with Gasteiger partial charge in [-0.25, -0.2) is 0 Å². The molecular weight excluding hydrogens is 188 g/mol. The maximum absolute atomic E-state index is 5.39. The third-order valence-corrected chi connectivity index (χ3v) is 2.33. The van der Waals surface area contributed by atoms with E-state index in [1.54, 1.807) is 14.2 Å². The van der Waals surface area contributed by atoms with Gasteiger partial charge in [-0.05, 0) is 12.0 Å². The van der Waals surface area contributed by atoms with Gasteiger partial charge in [0.05, 0.1) is 19.8 Å². The van der Waals surface area contributed by atoms with Crippen LogP contribution in [0.5, 0.6) is 11.5 Å². The van der Waals surface area contributed by atoms with Gasteiger partial charge in [-0.1, -0.05) is 25.8 Å². The molecule has 2 nitrogen and oxygen atoms in total. The minimum atomic E-state index is 0.376. The zero-order valence-corrected chi connectivity index (χ0v) is 9.63. The second-order valence-electron chi connectivity index (χ2n) is 3.57. The Morgan fingerprint density at radius 1 is 1.13 bits per heavy atom. The number of rotatable bonds is 3. The lowest BCUT2D eigenvalue weighted by Gasteiger charge is -2.16. The number of hydrogen-bond donors (Lipinski definition) is 0. The van der Waals surface area contributed by atoms with Crippen LogP contribution in [-0.4, -0.2) is 14.2 Å². The molecule has 0 amide bonds. The molecule has 0 bridgehead atoms. The highest BCUT2D eigenvalue weighted by molar-refractivity contribution is 5.58. The van der Waals surface area contributed by atoms with Crippen molar-refractivity contribution >= 4 is 0 Å². The number of benzene rings is 1. The van der Waals surface area contributed by atoms with Crippen LogP contribution in [0.15, 0.2) is 12.1 Å². The van der Waals surface area contributed by atoms with E-state index in [1.165, 1.54) is 0 Å². The third-order valence-electron chi connectivity index (χ3n) is 2.33. The van der Waals surface area contributed by atoms with Crippen LogP contribution < -0.4 is 9.47 Å². The Balaban J connectivity index is 3.42. The first kappa shape index (κ1) is 11.5. The highest BCUT2D eigenvalue weighted by Gasteiger charge is 2.15. The summed E-state index contributed by atoms with van der Waals surface area (Å²) in [6, 6.07) is 3.87. The summed E-state index contributed by atoms with van der Waals surface area (Å²) in [5.74, 6) is 4.34. The molecule has 15 heavy (non-hydrogen) atoms. The fraction of sp³-hybridized carbons (Fsp3) is 0.385. The molecule has 0 atom stereocenters. The fourth-order valence-electron chi connectivity index (χ4n) is 1.56. The average molecular weight is 204 g/mol. The van der Waals surface area contributed by atoms with E-state index in [4.69, 9.17) is 15.9 Å². The van der Waals surface area contributed by atoms with Gasteiger partial charge in [-0.2, -0.15) is 0 Å². The minimum Gasteiger partial charge on any atom is -0.493 e. The predicted molar refractivity (Wildman–Crippen MR) is 61.6 cm³/mol. The molecule has 1 rings (SSSR count). The first-order valence-electron chi connectivity index (χ1n) is 4.87. The quantitative estimate of drug-likeness (QED) is 0.705. The van der Waals surface area contributed by atoms with Crippen LogP contribution in [0, 0.1) is 12.3 Å². The van der Waals surface area contributed by atoms with E-state index in [9.17, 15) is 0 Å². The van der Waals surface area contributed by atoms with Crippen molar-refractivity contribution in [1.29, 1.82) is 0 Å². The highest BCUT2D eigenvalue weighted by atomic mass is 16.5. The topological polar surface area (TPSA) is 18.5 Å². The Bertz CT molecular complexity index is 386. The zero-order chi connectivity index (χ0) is 11.4. The fourth-order valence-corrected chi connectivity index (χ4v) is 1.56. The molecule has 0 saturated heterocycles. The molecule has 0 saturated carbocycles. The average Bonchev–Trinajstić information content (AvgIpc) is 2.26. The van der Waals surface area contributed by atoms with Crippen LogP contribution in [0.3, 0.4) is 0 Å². The smallest absolute Gasteiger partial charge is 0.176 e. The van der Waals surface area contributed by atoms with Gasteiger partial charge >= 0.3 is 0 Å². The summed E-state index contributed by atoms with van der Waals surface area (Å²) in [6.07, 6.45) is 5.39. The van der Waals surface area contributed by atoms with Crippen molar-refractivity contribution in [3.63, 3.8) is 0 Å². The number of ether oxygens (including phenoxy) is 2. The Morgan fingerprint density at radius 3 is 2.13 bits per heavy atom. The molecule has 0 unspecified atom stereocenters. The van der Waals surface area contributed by atoms with E-state index in [1.807, 2.05) is 12.1 Å².